The van der Waals surface area contributed by atoms with Crippen molar-refractivity contribution < 1.29 is 9.90 Å². The van der Waals surface area contributed by atoms with E-state index in [0.717, 1.165) is 32.6 Å². The van der Waals surface area contributed by atoms with E-state index in [1.807, 2.05) is 6.07 Å². The van der Waals surface area contributed by atoms with Crippen LogP contribution in [0.1, 0.15) is 32.8 Å². The Bertz CT molecular complexity index is 530. The van der Waals surface area contributed by atoms with Crippen LogP contribution in [0.25, 0.3) is 0 Å². The van der Waals surface area contributed by atoms with Gasteiger partial charge in [0, 0.05) is 32.7 Å². The fourth-order valence-corrected chi connectivity index (χ4v) is 4.11. The second-order valence-corrected chi connectivity index (χ2v) is 8.39. The van der Waals surface area contributed by atoms with Crippen LogP contribution >= 0.6 is 0 Å². The normalized spacial score (nSPS) is 22.7. The highest BCUT2D eigenvalue weighted by Crippen LogP contribution is 2.26. The number of nitrogens with zero attached hydrogens (tertiary/aromatic N) is 2. The highest BCUT2D eigenvalue weighted by atomic mass is 16.4. The monoisotopic (exact) mass is 332 g/mol. The summed E-state index contributed by atoms with van der Waals surface area (Å²) < 4.78 is 0. The number of rotatable bonds is 7. The van der Waals surface area contributed by atoms with Crippen LogP contribution in [0.15, 0.2) is 30.3 Å². The molecule has 4 nitrogen and oxygen atoms in total. The molecule has 0 spiro atoms. The number of likely N-dealkylation sites (tertiary alicyclic amines) is 1. The van der Waals surface area contributed by atoms with Crippen LogP contribution in [-0.2, 0) is 11.3 Å². The van der Waals surface area contributed by atoms with E-state index >= 15 is 0 Å². The average molecular weight is 332 g/mol. The Hall–Kier alpha value is -1.39. The molecule has 0 radical (unpaired) electrons. The zero-order chi connectivity index (χ0) is 17.7. The Morgan fingerprint density at radius 3 is 2.58 bits per heavy atom. The largest absolute Gasteiger partial charge is 0.481 e. The Kier molecular flexibility index (Phi) is 6.41. The molecule has 1 aliphatic rings. The Morgan fingerprint density at radius 1 is 1.29 bits per heavy atom. The summed E-state index contributed by atoms with van der Waals surface area (Å²) in [4.78, 5) is 16.1. The molecule has 24 heavy (non-hydrogen) atoms. The SMILES string of the molecule is CC1CC(C(=O)O)CN(CC(C)(C)CN(C)Cc2ccccc2)C1. The molecule has 1 aromatic rings. The lowest BCUT2D eigenvalue weighted by atomic mass is 9.86. The molecule has 0 bridgehead atoms. The lowest BCUT2D eigenvalue weighted by Crippen LogP contribution is -2.48. The molecule has 0 amide bonds. The van der Waals surface area contributed by atoms with Gasteiger partial charge in [-0.1, -0.05) is 51.1 Å². The van der Waals surface area contributed by atoms with Gasteiger partial charge in [-0.2, -0.15) is 0 Å². The molecule has 1 aliphatic heterocycles. The number of benzene rings is 1. The Morgan fingerprint density at radius 2 is 1.96 bits per heavy atom. The van der Waals surface area contributed by atoms with E-state index in [1.54, 1.807) is 0 Å². The number of carbonyl (C=O) groups is 1. The van der Waals surface area contributed by atoms with Crippen molar-refractivity contribution in [3.63, 3.8) is 0 Å². The number of piperidine rings is 1. The van der Waals surface area contributed by atoms with E-state index in [9.17, 15) is 9.90 Å². The van der Waals surface area contributed by atoms with Crippen molar-refractivity contribution in [1.82, 2.24) is 9.80 Å². The second kappa shape index (κ2) is 8.13. The van der Waals surface area contributed by atoms with E-state index in [4.69, 9.17) is 0 Å². The Labute approximate surface area is 146 Å². The molecule has 2 unspecified atom stereocenters. The minimum Gasteiger partial charge on any atom is -0.481 e. The first-order chi connectivity index (χ1) is 11.2. The first-order valence-corrected chi connectivity index (χ1v) is 8.93. The van der Waals surface area contributed by atoms with Gasteiger partial charge in [0.1, 0.15) is 0 Å². The fourth-order valence-electron chi connectivity index (χ4n) is 4.11. The van der Waals surface area contributed by atoms with Crippen LogP contribution in [0.5, 0.6) is 0 Å². The zero-order valence-electron chi connectivity index (χ0n) is 15.5. The Balaban J connectivity index is 1.88. The molecular formula is C20H32N2O2. The fraction of sp³-hybridized carbons (Fsp3) is 0.650. The number of hydrogen-bond donors (Lipinski definition) is 1. The van der Waals surface area contributed by atoms with Gasteiger partial charge in [0.25, 0.3) is 0 Å². The summed E-state index contributed by atoms with van der Waals surface area (Å²) in [5.74, 6) is -0.408. The maximum atomic E-state index is 11.4. The highest BCUT2D eigenvalue weighted by molar-refractivity contribution is 5.70. The third-order valence-corrected chi connectivity index (χ3v) is 4.73. The van der Waals surface area contributed by atoms with Gasteiger partial charge in [-0.25, -0.2) is 0 Å². The van der Waals surface area contributed by atoms with Crippen LogP contribution in [0, 0.1) is 17.3 Å². The summed E-state index contributed by atoms with van der Waals surface area (Å²) in [6.07, 6.45) is 0.806. The molecule has 1 fully saturated rings. The quantitative estimate of drug-likeness (QED) is 0.833. The van der Waals surface area contributed by atoms with Gasteiger partial charge in [0.05, 0.1) is 5.92 Å². The third-order valence-electron chi connectivity index (χ3n) is 4.73. The molecule has 2 rings (SSSR count). The summed E-state index contributed by atoms with van der Waals surface area (Å²) in [7, 11) is 2.16. The first-order valence-electron chi connectivity index (χ1n) is 8.93. The van der Waals surface area contributed by atoms with Crippen LogP contribution in [0.4, 0.5) is 0 Å². The van der Waals surface area contributed by atoms with Crippen molar-refractivity contribution in [2.24, 2.45) is 17.3 Å². The number of aliphatic carboxylic acids is 1. The van der Waals surface area contributed by atoms with Gasteiger partial charge in [0.2, 0.25) is 0 Å². The lowest BCUT2D eigenvalue weighted by Gasteiger charge is -2.40. The van der Waals surface area contributed by atoms with Crippen molar-refractivity contribution in [2.45, 2.75) is 33.7 Å². The van der Waals surface area contributed by atoms with Crippen LogP contribution in [-0.4, -0.2) is 54.1 Å². The molecule has 1 heterocycles. The van der Waals surface area contributed by atoms with Crippen LogP contribution in [0.3, 0.4) is 0 Å². The van der Waals surface area contributed by atoms with E-state index in [-0.39, 0.29) is 11.3 Å². The number of carboxylic acid groups (broad SMARTS) is 1. The topological polar surface area (TPSA) is 43.8 Å². The summed E-state index contributed by atoms with van der Waals surface area (Å²) >= 11 is 0. The molecule has 134 valence electrons. The molecule has 1 aromatic carbocycles. The highest BCUT2D eigenvalue weighted by Gasteiger charge is 2.32. The van der Waals surface area contributed by atoms with Gasteiger partial charge in [0.15, 0.2) is 0 Å². The van der Waals surface area contributed by atoms with Gasteiger partial charge in [-0.15, -0.1) is 0 Å². The zero-order valence-corrected chi connectivity index (χ0v) is 15.5. The lowest BCUT2D eigenvalue weighted by molar-refractivity contribution is -0.144. The van der Waals surface area contributed by atoms with E-state index in [0.29, 0.717) is 12.5 Å². The molecule has 0 aliphatic carbocycles. The molecule has 0 aromatic heterocycles. The standard InChI is InChI=1S/C20H32N2O2/c1-16-10-18(19(23)24)13-22(11-16)15-20(2,3)14-21(4)12-17-8-6-5-7-9-17/h5-9,16,18H,10-15H2,1-4H3,(H,23,24). The van der Waals surface area contributed by atoms with Crippen LogP contribution in [0.2, 0.25) is 0 Å². The molecular weight excluding hydrogens is 300 g/mol. The molecule has 1 N–H and O–H groups in total. The first kappa shape index (κ1) is 18.9. The van der Waals surface area contributed by atoms with Crippen molar-refractivity contribution in [3.05, 3.63) is 35.9 Å². The molecule has 2 atom stereocenters. The van der Waals surface area contributed by atoms with Gasteiger partial charge in [-0.3, -0.25) is 4.79 Å². The van der Waals surface area contributed by atoms with Gasteiger partial charge >= 0.3 is 5.97 Å². The smallest absolute Gasteiger partial charge is 0.307 e. The molecule has 1 saturated heterocycles. The van der Waals surface area contributed by atoms with Crippen LogP contribution < -0.4 is 0 Å². The molecule has 0 saturated carbocycles. The van der Waals surface area contributed by atoms with Crippen molar-refractivity contribution in [2.75, 3.05) is 33.2 Å². The minimum atomic E-state index is -0.648. The maximum absolute atomic E-state index is 11.4. The maximum Gasteiger partial charge on any atom is 0.307 e. The summed E-state index contributed by atoms with van der Waals surface area (Å²) in [6, 6.07) is 10.5. The average Bonchev–Trinajstić information content (AvgIpc) is 2.46. The van der Waals surface area contributed by atoms with E-state index in [2.05, 4.69) is 61.9 Å². The summed E-state index contributed by atoms with van der Waals surface area (Å²) in [5.41, 5.74) is 1.46. The summed E-state index contributed by atoms with van der Waals surface area (Å²) in [5, 5.41) is 9.35. The summed E-state index contributed by atoms with van der Waals surface area (Å²) in [6.45, 7) is 11.3. The number of hydrogen-bond acceptors (Lipinski definition) is 3. The van der Waals surface area contributed by atoms with Crippen molar-refractivity contribution >= 4 is 5.97 Å². The van der Waals surface area contributed by atoms with Crippen molar-refractivity contribution in [1.29, 1.82) is 0 Å². The van der Waals surface area contributed by atoms with Gasteiger partial charge < -0.3 is 14.9 Å². The predicted octanol–water partition coefficient (Wildman–Crippen LogP) is 3.19. The third kappa shape index (κ3) is 5.91. The number of carboxylic acids is 1. The second-order valence-electron chi connectivity index (χ2n) is 8.39. The van der Waals surface area contributed by atoms with E-state index in [1.165, 1.54) is 5.56 Å². The molecule has 4 heteroatoms. The van der Waals surface area contributed by atoms with E-state index < -0.39 is 5.97 Å². The predicted molar refractivity (Wildman–Crippen MR) is 97.9 cm³/mol. The minimum absolute atomic E-state index is 0.129. The van der Waals surface area contributed by atoms with Crippen molar-refractivity contribution in [3.8, 4) is 0 Å². The van der Waals surface area contributed by atoms with Gasteiger partial charge in [-0.05, 0) is 30.4 Å².